The Hall–Kier alpha value is -2.12. The maximum absolute atomic E-state index is 11.9. The lowest BCUT2D eigenvalue weighted by atomic mass is 10.0. The summed E-state index contributed by atoms with van der Waals surface area (Å²) in [5.41, 5.74) is 0. The summed E-state index contributed by atoms with van der Waals surface area (Å²) in [7, 11) is 1.61. The van der Waals surface area contributed by atoms with Gasteiger partial charge in [-0.15, -0.1) is 0 Å². The van der Waals surface area contributed by atoms with E-state index < -0.39 is 12.0 Å². The summed E-state index contributed by atoms with van der Waals surface area (Å²) in [4.78, 5) is 28.0. The third-order valence-corrected chi connectivity index (χ3v) is 2.71. The Morgan fingerprint density at radius 2 is 2.21 bits per heavy atom. The van der Waals surface area contributed by atoms with Gasteiger partial charge in [-0.25, -0.2) is 9.78 Å². The van der Waals surface area contributed by atoms with Crippen molar-refractivity contribution in [3.05, 3.63) is 12.2 Å². The average Bonchev–Trinajstić information content (AvgIpc) is 2.79. The normalized spacial score (nSPS) is 12.2. The molecule has 0 aliphatic heterocycles. The number of hydrogen-bond donors (Lipinski definition) is 3. The fourth-order valence-corrected chi connectivity index (χ4v) is 1.51. The number of hydrogen-bond acceptors (Lipinski definition) is 4. The molecule has 1 atom stereocenters. The van der Waals surface area contributed by atoms with Gasteiger partial charge in [0.1, 0.15) is 12.2 Å². The molecule has 0 aliphatic carbocycles. The molecule has 2 amide bonds. The summed E-state index contributed by atoms with van der Waals surface area (Å²) in [6.07, 6.45) is 1.27. The molecule has 8 heteroatoms. The highest BCUT2D eigenvalue weighted by Crippen LogP contribution is 2.07. The first-order valence-electron chi connectivity index (χ1n) is 5.97. The molecule has 1 unspecified atom stereocenters. The number of carbonyl (C=O) groups excluding carboxylic acids is 1. The Kier molecular flexibility index (Phi) is 5.28. The molecule has 0 aromatic carbocycles. The van der Waals surface area contributed by atoms with Gasteiger partial charge >= 0.3 is 12.0 Å². The van der Waals surface area contributed by atoms with Crippen LogP contribution < -0.4 is 5.32 Å². The number of carbonyl (C=O) groups is 2. The van der Waals surface area contributed by atoms with Crippen molar-refractivity contribution in [1.29, 1.82) is 0 Å². The zero-order chi connectivity index (χ0) is 14.4. The molecule has 8 nitrogen and oxygen atoms in total. The summed E-state index contributed by atoms with van der Waals surface area (Å²) in [5.74, 6) is -0.326. The van der Waals surface area contributed by atoms with Gasteiger partial charge < -0.3 is 15.3 Å². The van der Waals surface area contributed by atoms with Gasteiger partial charge in [-0.2, -0.15) is 5.10 Å². The fraction of sp³-hybridized carbons (Fsp3) is 0.636. The predicted octanol–water partition coefficient (Wildman–Crippen LogP) is 0.445. The molecule has 0 radical (unpaired) electrons. The maximum Gasteiger partial charge on any atom is 0.317 e. The van der Waals surface area contributed by atoms with E-state index in [1.807, 2.05) is 13.8 Å². The van der Waals surface area contributed by atoms with Crippen molar-refractivity contribution in [3.8, 4) is 0 Å². The quantitative estimate of drug-likeness (QED) is 0.694. The van der Waals surface area contributed by atoms with Crippen LogP contribution in [0.2, 0.25) is 0 Å². The summed E-state index contributed by atoms with van der Waals surface area (Å²) in [6, 6.07) is -0.737. The lowest BCUT2D eigenvalue weighted by Gasteiger charge is -2.24. The third kappa shape index (κ3) is 4.94. The zero-order valence-electron chi connectivity index (χ0n) is 11.3. The van der Waals surface area contributed by atoms with E-state index in [1.165, 1.54) is 11.2 Å². The van der Waals surface area contributed by atoms with E-state index in [0.29, 0.717) is 5.82 Å². The third-order valence-electron chi connectivity index (χ3n) is 2.71. The Labute approximate surface area is 111 Å². The highest BCUT2D eigenvalue weighted by atomic mass is 16.4. The van der Waals surface area contributed by atoms with E-state index in [2.05, 4.69) is 20.5 Å². The SMILES string of the molecule is CC(C)C(CC(=O)O)NC(=O)N(C)Cc1ncn[nH]1. The van der Waals surface area contributed by atoms with Gasteiger partial charge in [0.15, 0.2) is 0 Å². The number of carboxylic acids is 1. The van der Waals surface area contributed by atoms with Crippen molar-refractivity contribution in [2.75, 3.05) is 7.05 Å². The Balaban J connectivity index is 2.53. The van der Waals surface area contributed by atoms with Crippen LogP contribution in [-0.4, -0.2) is 50.3 Å². The van der Waals surface area contributed by atoms with Crippen molar-refractivity contribution in [2.24, 2.45) is 5.92 Å². The number of carboxylic acid groups (broad SMARTS) is 1. The van der Waals surface area contributed by atoms with E-state index in [1.54, 1.807) is 7.05 Å². The van der Waals surface area contributed by atoms with Crippen LogP contribution >= 0.6 is 0 Å². The number of aliphatic carboxylic acids is 1. The van der Waals surface area contributed by atoms with Gasteiger partial charge in [0.2, 0.25) is 0 Å². The number of urea groups is 1. The first kappa shape index (κ1) is 14.9. The van der Waals surface area contributed by atoms with E-state index in [9.17, 15) is 9.59 Å². The molecule has 0 bridgehead atoms. The van der Waals surface area contributed by atoms with Gasteiger partial charge in [0.05, 0.1) is 13.0 Å². The molecule has 0 saturated heterocycles. The molecule has 0 fully saturated rings. The van der Waals surface area contributed by atoms with Crippen LogP contribution in [0, 0.1) is 5.92 Å². The molecule has 1 rings (SSSR count). The van der Waals surface area contributed by atoms with E-state index in [-0.39, 0.29) is 24.9 Å². The standard InChI is InChI=1S/C11H19N5O3/c1-7(2)8(4-10(17)18)14-11(19)16(3)5-9-12-6-13-15-9/h6-8H,4-5H2,1-3H3,(H,14,19)(H,17,18)(H,12,13,15). The second-order valence-electron chi connectivity index (χ2n) is 4.69. The molecule has 19 heavy (non-hydrogen) atoms. The molecule has 0 saturated carbocycles. The number of H-pyrrole nitrogens is 1. The second kappa shape index (κ2) is 6.72. The fourth-order valence-electron chi connectivity index (χ4n) is 1.51. The summed E-state index contributed by atoms with van der Waals surface area (Å²) in [5, 5.41) is 17.9. The first-order valence-corrected chi connectivity index (χ1v) is 5.97. The van der Waals surface area contributed by atoms with Crippen molar-refractivity contribution in [1.82, 2.24) is 25.4 Å². The van der Waals surface area contributed by atoms with Crippen molar-refractivity contribution in [3.63, 3.8) is 0 Å². The van der Waals surface area contributed by atoms with Gasteiger partial charge in [-0.05, 0) is 5.92 Å². The smallest absolute Gasteiger partial charge is 0.317 e. The molecule has 3 N–H and O–H groups in total. The second-order valence-corrected chi connectivity index (χ2v) is 4.69. The number of amides is 2. The summed E-state index contributed by atoms with van der Waals surface area (Å²) >= 11 is 0. The van der Waals surface area contributed by atoms with Crippen LogP contribution in [0.1, 0.15) is 26.1 Å². The van der Waals surface area contributed by atoms with Crippen molar-refractivity contribution in [2.45, 2.75) is 32.9 Å². The van der Waals surface area contributed by atoms with E-state index in [4.69, 9.17) is 5.11 Å². The Bertz CT molecular complexity index is 418. The number of nitrogens with zero attached hydrogens (tertiary/aromatic N) is 3. The molecule has 1 aromatic rings. The minimum absolute atomic E-state index is 0.0405. The zero-order valence-corrected chi connectivity index (χ0v) is 11.3. The number of aromatic amines is 1. The molecular weight excluding hydrogens is 250 g/mol. The van der Waals surface area contributed by atoms with Crippen molar-refractivity contribution >= 4 is 12.0 Å². The Morgan fingerprint density at radius 3 is 2.68 bits per heavy atom. The molecule has 1 heterocycles. The minimum atomic E-state index is -0.933. The topological polar surface area (TPSA) is 111 Å². The van der Waals surface area contributed by atoms with Crippen LogP contribution in [0.5, 0.6) is 0 Å². The number of aromatic nitrogens is 3. The van der Waals surface area contributed by atoms with Crippen molar-refractivity contribution < 1.29 is 14.7 Å². The minimum Gasteiger partial charge on any atom is -0.481 e. The lowest BCUT2D eigenvalue weighted by Crippen LogP contribution is -2.46. The maximum atomic E-state index is 11.9. The van der Waals surface area contributed by atoms with Crippen LogP contribution in [0.3, 0.4) is 0 Å². The summed E-state index contributed by atoms with van der Waals surface area (Å²) < 4.78 is 0. The Morgan fingerprint density at radius 1 is 1.53 bits per heavy atom. The monoisotopic (exact) mass is 269 g/mol. The number of nitrogens with one attached hydrogen (secondary N) is 2. The molecule has 106 valence electrons. The first-order chi connectivity index (χ1) is 8.90. The molecule has 1 aromatic heterocycles. The highest BCUT2D eigenvalue weighted by molar-refractivity contribution is 5.75. The highest BCUT2D eigenvalue weighted by Gasteiger charge is 2.21. The van der Waals surface area contributed by atoms with Crippen LogP contribution in [0.15, 0.2) is 6.33 Å². The van der Waals surface area contributed by atoms with Crippen LogP contribution in [-0.2, 0) is 11.3 Å². The van der Waals surface area contributed by atoms with Gasteiger partial charge in [0, 0.05) is 13.1 Å². The lowest BCUT2D eigenvalue weighted by molar-refractivity contribution is -0.137. The number of rotatable bonds is 6. The predicted molar refractivity (Wildman–Crippen MR) is 67.3 cm³/mol. The molecule has 0 aliphatic rings. The molecular formula is C11H19N5O3. The largest absolute Gasteiger partial charge is 0.481 e. The van der Waals surface area contributed by atoms with Gasteiger partial charge in [-0.1, -0.05) is 13.8 Å². The van der Waals surface area contributed by atoms with Crippen LogP contribution in [0.4, 0.5) is 4.79 Å². The van der Waals surface area contributed by atoms with E-state index >= 15 is 0 Å². The van der Waals surface area contributed by atoms with Gasteiger partial charge in [-0.3, -0.25) is 9.89 Å². The van der Waals surface area contributed by atoms with E-state index in [0.717, 1.165) is 0 Å². The molecule has 0 spiro atoms. The summed E-state index contributed by atoms with van der Waals surface area (Å²) in [6.45, 7) is 4.01. The van der Waals surface area contributed by atoms with Crippen LogP contribution in [0.25, 0.3) is 0 Å². The van der Waals surface area contributed by atoms with Gasteiger partial charge in [0.25, 0.3) is 0 Å². The average molecular weight is 269 g/mol.